The summed E-state index contributed by atoms with van der Waals surface area (Å²) in [7, 11) is -4.00. The zero-order chi connectivity index (χ0) is 23.8. The lowest BCUT2D eigenvalue weighted by Gasteiger charge is -2.11. The highest BCUT2D eigenvalue weighted by Crippen LogP contribution is 2.27. The van der Waals surface area contributed by atoms with Gasteiger partial charge in [0, 0.05) is 34.5 Å². The van der Waals surface area contributed by atoms with Crippen LogP contribution < -0.4 is 14.8 Å². The van der Waals surface area contributed by atoms with Gasteiger partial charge in [-0.3, -0.25) is 9.52 Å². The molecule has 0 saturated carbocycles. The van der Waals surface area contributed by atoms with Crippen molar-refractivity contribution < 1.29 is 26.7 Å². The summed E-state index contributed by atoms with van der Waals surface area (Å²) in [4.78, 5) is 16.9. The number of hydrogen-bond donors (Lipinski definition) is 2. The number of carbonyl (C=O) groups excluding carboxylic acids is 1. The van der Waals surface area contributed by atoms with Gasteiger partial charge in [0.2, 0.25) is 5.88 Å². The quantitative estimate of drug-likeness (QED) is 0.403. The zero-order valence-corrected chi connectivity index (χ0v) is 19.1. The van der Waals surface area contributed by atoms with E-state index in [2.05, 4.69) is 15.0 Å². The Bertz CT molecular complexity index is 1210. The van der Waals surface area contributed by atoms with Crippen LogP contribution in [0.1, 0.15) is 22.8 Å². The summed E-state index contributed by atoms with van der Waals surface area (Å²) in [6.07, 6.45) is 1.59. The fourth-order valence-corrected chi connectivity index (χ4v) is 4.43. The Hall–Kier alpha value is -3.18. The summed E-state index contributed by atoms with van der Waals surface area (Å²) >= 11 is 0.366. The summed E-state index contributed by atoms with van der Waals surface area (Å²) in [5.74, 6) is -2.61. The molecule has 0 saturated heterocycles. The van der Waals surface area contributed by atoms with Crippen molar-refractivity contribution in [3.8, 4) is 5.88 Å². The van der Waals surface area contributed by atoms with E-state index < -0.39 is 21.7 Å². The smallest absolute Gasteiger partial charge is 0.288 e. The molecule has 11 heteroatoms. The second kappa shape index (κ2) is 11.1. The van der Waals surface area contributed by atoms with Crippen LogP contribution in [0, 0.1) is 0 Å². The molecule has 1 heterocycles. The molecule has 3 aromatic rings. The van der Waals surface area contributed by atoms with Crippen molar-refractivity contribution in [2.75, 3.05) is 11.3 Å². The number of amides is 1. The van der Waals surface area contributed by atoms with E-state index in [1.807, 2.05) is 6.92 Å². The Balaban J connectivity index is 1.69. The zero-order valence-electron chi connectivity index (χ0n) is 17.5. The van der Waals surface area contributed by atoms with Crippen molar-refractivity contribution >= 4 is 33.4 Å². The van der Waals surface area contributed by atoms with Gasteiger partial charge in [-0.15, -0.1) is 0 Å². The number of sulfonamides is 1. The molecule has 1 aromatic heterocycles. The number of ether oxygens (including phenoxy) is 1. The molecule has 2 N–H and O–H groups in total. The van der Waals surface area contributed by atoms with Crippen LogP contribution in [-0.4, -0.2) is 31.7 Å². The highest BCUT2D eigenvalue weighted by Gasteiger charge is 2.17. The molecule has 0 spiro atoms. The predicted molar refractivity (Wildman–Crippen MR) is 122 cm³/mol. The summed E-state index contributed by atoms with van der Waals surface area (Å²) in [6, 6.07) is 14.6. The van der Waals surface area contributed by atoms with Crippen molar-refractivity contribution in [1.29, 1.82) is 0 Å². The van der Waals surface area contributed by atoms with Crippen molar-refractivity contribution in [2.24, 2.45) is 0 Å². The topological polar surface area (TPSA) is 97.4 Å². The molecule has 7 nitrogen and oxygen atoms in total. The first-order valence-electron chi connectivity index (χ1n) is 9.81. The van der Waals surface area contributed by atoms with Crippen LogP contribution >= 0.6 is 11.8 Å². The number of benzene rings is 2. The first-order chi connectivity index (χ1) is 15.8. The molecule has 0 aliphatic rings. The molecule has 0 atom stereocenters. The normalized spacial score (nSPS) is 11.3. The molecule has 1 amide bonds. The Kier molecular flexibility index (Phi) is 8.23. The minimum atomic E-state index is -4.00. The summed E-state index contributed by atoms with van der Waals surface area (Å²) < 4.78 is 58.2. The first-order valence-corrected chi connectivity index (χ1v) is 12.2. The van der Waals surface area contributed by atoms with Crippen molar-refractivity contribution in [3.63, 3.8) is 0 Å². The van der Waals surface area contributed by atoms with Crippen LogP contribution in [-0.2, 0) is 16.6 Å². The van der Waals surface area contributed by atoms with Crippen LogP contribution in [0.25, 0.3) is 0 Å². The number of nitrogens with one attached hydrogen (secondary N) is 2. The molecular weight excluding hydrogens is 472 g/mol. The minimum absolute atomic E-state index is 0.113. The molecule has 0 fully saturated rings. The highest BCUT2D eigenvalue weighted by atomic mass is 32.2. The van der Waals surface area contributed by atoms with Gasteiger partial charge in [0.15, 0.2) is 0 Å². The molecule has 0 aliphatic carbocycles. The average Bonchev–Trinajstić information content (AvgIpc) is 2.79. The number of thioether (sulfide) groups is 1. The van der Waals surface area contributed by atoms with Crippen LogP contribution in [0.2, 0.25) is 0 Å². The Morgan fingerprint density at radius 3 is 2.58 bits per heavy atom. The van der Waals surface area contributed by atoms with Gasteiger partial charge < -0.3 is 10.1 Å². The van der Waals surface area contributed by atoms with Crippen molar-refractivity contribution in [3.05, 3.63) is 78.0 Å². The fourth-order valence-electron chi connectivity index (χ4n) is 2.83. The number of nitrogens with zero attached hydrogens (tertiary/aromatic N) is 1. The number of halogens is 2. The minimum Gasteiger partial charge on any atom is -0.478 e. The number of hydrogen-bond acceptors (Lipinski definition) is 6. The Morgan fingerprint density at radius 2 is 1.88 bits per heavy atom. The second-order valence-electron chi connectivity index (χ2n) is 6.62. The molecule has 0 unspecified atom stereocenters. The van der Waals surface area contributed by atoms with Crippen molar-refractivity contribution in [2.45, 2.75) is 29.0 Å². The summed E-state index contributed by atoms with van der Waals surface area (Å²) in [5, 5.41) is 2.73. The van der Waals surface area contributed by atoms with Gasteiger partial charge in [-0.25, -0.2) is 13.4 Å². The van der Waals surface area contributed by atoms with E-state index in [0.29, 0.717) is 34.7 Å². The first kappa shape index (κ1) is 24.5. The maximum Gasteiger partial charge on any atom is 0.288 e. The van der Waals surface area contributed by atoms with Gasteiger partial charge in [0.05, 0.1) is 11.5 Å². The standard InChI is InChI=1S/C22H21F2N3O4S2/c1-2-31-21-16(6-4-12-25-21)14-26-20(28)15-5-3-7-19(13-15)33(29,30)27-17-8-10-18(11-9-17)32-22(23)24/h3-13,22,27H,2,14H2,1H3,(H,26,28). The van der Waals surface area contributed by atoms with E-state index in [1.54, 1.807) is 18.3 Å². The van der Waals surface area contributed by atoms with E-state index in [4.69, 9.17) is 4.74 Å². The third kappa shape index (κ3) is 6.90. The molecule has 2 aromatic carbocycles. The fraction of sp³-hybridized carbons (Fsp3) is 0.182. The number of alkyl halides is 2. The average molecular weight is 494 g/mol. The second-order valence-corrected chi connectivity index (χ2v) is 9.37. The van der Waals surface area contributed by atoms with Gasteiger partial charge >= 0.3 is 0 Å². The molecule has 3 rings (SSSR count). The van der Waals surface area contributed by atoms with E-state index in [0.717, 1.165) is 0 Å². The third-order valence-electron chi connectivity index (χ3n) is 4.31. The van der Waals surface area contributed by atoms with E-state index in [1.165, 1.54) is 48.5 Å². The Labute approximate surface area is 194 Å². The molecule has 0 aliphatic heterocycles. The monoisotopic (exact) mass is 493 g/mol. The predicted octanol–water partition coefficient (Wildman–Crippen LogP) is 4.53. The van der Waals surface area contributed by atoms with Crippen LogP contribution in [0.5, 0.6) is 5.88 Å². The van der Waals surface area contributed by atoms with E-state index in [-0.39, 0.29) is 22.7 Å². The number of anilines is 1. The van der Waals surface area contributed by atoms with Gasteiger partial charge in [-0.2, -0.15) is 8.78 Å². The maximum absolute atomic E-state index is 12.7. The summed E-state index contributed by atoms with van der Waals surface area (Å²) in [5.41, 5.74) is 1.05. The van der Waals surface area contributed by atoms with Crippen LogP contribution in [0.4, 0.5) is 14.5 Å². The highest BCUT2D eigenvalue weighted by molar-refractivity contribution is 7.99. The van der Waals surface area contributed by atoms with Gasteiger partial charge in [0.25, 0.3) is 21.7 Å². The lowest BCUT2D eigenvalue weighted by molar-refractivity contribution is 0.0950. The maximum atomic E-state index is 12.7. The summed E-state index contributed by atoms with van der Waals surface area (Å²) in [6.45, 7) is 2.41. The molecule has 0 bridgehead atoms. The number of pyridine rings is 1. The lowest BCUT2D eigenvalue weighted by Crippen LogP contribution is -2.24. The van der Waals surface area contributed by atoms with Gasteiger partial charge in [-0.05, 0) is 55.5 Å². The molecule has 0 radical (unpaired) electrons. The molecular formula is C22H21F2N3O4S2. The van der Waals surface area contributed by atoms with E-state index >= 15 is 0 Å². The Morgan fingerprint density at radius 1 is 1.12 bits per heavy atom. The number of aromatic nitrogens is 1. The lowest BCUT2D eigenvalue weighted by atomic mass is 10.2. The molecule has 33 heavy (non-hydrogen) atoms. The largest absolute Gasteiger partial charge is 0.478 e. The van der Waals surface area contributed by atoms with Crippen molar-refractivity contribution in [1.82, 2.24) is 10.3 Å². The number of carbonyl (C=O) groups is 1. The third-order valence-corrected chi connectivity index (χ3v) is 6.41. The van der Waals surface area contributed by atoms with Crippen LogP contribution in [0.3, 0.4) is 0 Å². The number of rotatable bonds is 10. The van der Waals surface area contributed by atoms with Gasteiger partial charge in [0.1, 0.15) is 0 Å². The SMILES string of the molecule is CCOc1ncccc1CNC(=O)c1cccc(S(=O)(=O)Nc2ccc(SC(F)F)cc2)c1. The van der Waals surface area contributed by atoms with Gasteiger partial charge in [-0.1, -0.05) is 23.9 Å². The van der Waals surface area contributed by atoms with Crippen LogP contribution in [0.15, 0.2) is 76.7 Å². The van der Waals surface area contributed by atoms with E-state index in [9.17, 15) is 22.0 Å². The molecule has 174 valence electrons.